The van der Waals surface area contributed by atoms with E-state index in [-0.39, 0.29) is 27.7 Å². The van der Waals surface area contributed by atoms with Gasteiger partial charge in [0, 0.05) is 12.6 Å². The molecule has 0 heterocycles. The number of nitrogens with one attached hydrogen (secondary N) is 1. The van der Waals surface area contributed by atoms with Crippen molar-refractivity contribution in [2.45, 2.75) is 33.3 Å². The van der Waals surface area contributed by atoms with Gasteiger partial charge in [0.05, 0.1) is 16.6 Å². The summed E-state index contributed by atoms with van der Waals surface area (Å²) in [4.78, 5) is 22.3. The van der Waals surface area contributed by atoms with Gasteiger partial charge in [-0.2, -0.15) is 0 Å². The number of amides is 1. The molecule has 116 valence electrons. The Balaban J connectivity index is 2.73. The number of benzene rings is 1. The number of halogens is 1. The molecule has 1 aromatic carbocycles. The highest BCUT2D eigenvalue weighted by Crippen LogP contribution is 2.28. The lowest BCUT2D eigenvalue weighted by Crippen LogP contribution is -2.34. The number of hydrogen-bond acceptors (Lipinski definition) is 4. The standard InChI is InChI=1S/C14H19BrN2O4/c1-14(2,3)7-9(18)8-16-13(19)10-5-4-6-11(12(10)15)17(20)21/h4-6,9,18H,7-8H2,1-3H3,(H,16,19). The van der Waals surface area contributed by atoms with Crippen LogP contribution in [-0.4, -0.2) is 28.6 Å². The molecule has 0 aliphatic carbocycles. The van der Waals surface area contributed by atoms with Crippen LogP contribution in [-0.2, 0) is 0 Å². The molecule has 0 radical (unpaired) electrons. The lowest BCUT2D eigenvalue weighted by Gasteiger charge is -2.22. The first kappa shape index (κ1) is 17.6. The van der Waals surface area contributed by atoms with Crippen LogP contribution in [0, 0.1) is 15.5 Å². The van der Waals surface area contributed by atoms with Gasteiger partial charge in [-0.1, -0.05) is 26.8 Å². The molecule has 7 heteroatoms. The Morgan fingerprint density at radius 3 is 2.62 bits per heavy atom. The molecular formula is C14H19BrN2O4. The summed E-state index contributed by atoms with van der Waals surface area (Å²) in [6.45, 7) is 6.09. The normalized spacial score (nSPS) is 12.8. The van der Waals surface area contributed by atoms with Crippen molar-refractivity contribution in [1.82, 2.24) is 5.32 Å². The third-order valence-electron chi connectivity index (χ3n) is 2.77. The van der Waals surface area contributed by atoms with Crippen molar-refractivity contribution in [3.8, 4) is 0 Å². The van der Waals surface area contributed by atoms with Gasteiger partial charge < -0.3 is 10.4 Å². The highest BCUT2D eigenvalue weighted by Gasteiger charge is 2.21. The second kappa shape index (κ2) is 7.00. The van der Waals surface area contributed by atoms with Crippen molar-refractivity contribution in [2.24, 2.45) is 5.41 Å². The van der Waals surface area contributed by atoms with Crippen LogP contribution < -0.4 is 5.32 Å². The molecule has 21 heavy (non-hydrogen) atoms. The topological polar surface area (TPSA) is 92.5 Å². The minimum absolute atomic E-state index is 0.0454. The van der Waals surface area contributed by atoms with Gasteiger partial charge in [0.1, 0.15) is 4.47 Å². The highest BCUT2D eigenvalue weighted by molar-refractivity contribution is 9.10. The number of rotatable bonds is 5. The van der Waals surface area contributed by atoms with E-state index < -0.39 is 16.9 Å². The van der Waals surface area contributed by atoms with Crippen LogP contribution in [0.4, 0.5) is 5.69 Å². The second-order valence-corrected chi connectivity index (χ2v) is 6.82. The van der Waals surface area contributed by atoms with Gasteiger partial charge in [0.2, 0.25) is 0 Å². The predicted molar refractivity (Wildman–Crippen MR) is 83.2 cm³/mol. The van der Waals surface area contributed by atoms with E-state index in [0.717, 1.165) is 0 Å². The Kier molecular flexibility index (Phi) is 5.86. The molecule has 0 bridgehead atoms. The second-order valence-electron chi connectivity index (χ2n) is 6.02. The zero-order chi connectivity index (χ0) is 16.2. The van der Waals surface area contributed by atoms with E-state index in [9.17, 15) is 20.0 Å². The van der Waals surface area contributed by atoms with Crippen molar-refractivity contribution < 1.29 is 14.8 Å². The molecule has 1 amide bonds. The molecule has 0 saturated heterocycles. The minimum atomic E-state index is -0.661. The van der Waals surface area contributed by atoms with Gasteiger partial charge in [-0.15, -0.1) is 0 Å². The summed E-state index contributed by atoms with van der Waals surface area (Å²) < 4.78 is 0.137. The van der Waals surface area contributed by atoms with Crippen molar-refractivity contribution in [2.75, 3.05) is 6.54 Å². The number of nitro benzene ring substituents is 1. The SMILES string of the molecule is CC(C)(C)CC(O)CNC(=O)c1cccc([N+](=O)[O-])c1Br. The summed E-state index contributed by atoms with van der Waals surface area (Å²) in [5, 5.41) is 23.3. The molecule has 1 unspecified atom stereocenters. The molecule has 0 aliphatic heterocycles. The first-order valence-electron chi connectivity index (χ1n) is 6.51. The number of aliphatic hydroxyl groups is 1. The lowest BCUT2D eigenvalue weighted by molar-refractivity contribution is -0.385. The van der Waals surface area contributed by atoms with E-state index in [1.165, 1.54) is 18.2 Å². The van der Waals surface area contributed by atoms with Crippen LogP contribution in [0.15, 0.2) is 22.7 Å². The number of hydrogen-bond donors (Lipinski definition) is 2. The summed E-state index contributed by atoms with van der Waals surface area (Å²) in [5.41, 5.74) is -0.0407. The number of carbonyl (C=O) groups is 1. The van der Waals surface area contributed by atoms with Crippen LogP contribution in [0.2, 0.25) is 0 Å². The van der Waals surface area contributed by atoms with E-state index in [1.54, 1.807) is 0 Å². The van der Waals surface area contributed by atoms with E-state index in [2.05, 4.69) is 21.2 Å². The predicted octanol–water partition coefficient (Wildman–Crippen LogP) is 2.88. The van der Waals surface area contributed by atoms with Gasteiger partial charge >= 0.3 is 0 Å². The maximum atomic E-state index is 12.0. The Labute approximate surface area is 131 Å². The third kappa shape index (κ3) is 5.43. The summed E-state index contributed by atoms with van der Waals surface area (Å²) in [5.74, 6) is -0.460. The van der Waals surface area contributed by atoms with E-state index >= 15 is 0 Å². The number of carbonyl (C=O) groups excluding carboxylic acids is 1. The van der Waals surface area contributed by atoms with E-state index in [0.29, 0.717) is 6.42 Å². The van der Waals surface area contributed by atoms with Crippen LogP contribution >= 0.6 is 15.9 Å². The molecule has 0 fully saturated rings. The van der Waals surface area contributed by atoms with Crippen LogP contribution in [0.5, 0.6) is 0 Å². The number of nitrogens with zero attached hydrogens (tertiary/aromatic N) is 1. The van der Waals surface area contributed by atoms with Crippen LogP contribution in [0.25, 0.3) is 0 Å². The minimum Gasteiger partial charge on any atom is -0.391 e. The van der Waals surface area contributed by atoms with Gasteiger partial charge in [-0.25, -0.2) is 0 Å². The monoisotopic (exact) mass is 358 g/mol. The maximum absolute atomic E-state index is 12.0. The molecule has 1 atom stereocenters. The molecule has 1 aromatic rings. The average Bonchev–Trinajstić information content (AvgIpc) is 2.33. The van der Waals surface area contributed by atoms with Crippen molar-refractivity contribution in [3.05, 3.63) is 38.3 Å². The Hall–Kier alpha value is -1.47. The Bertz CT molecular complexity index is 540. The fraction of sp³-hybridized carbons (Fsp3) is 0.500. The summed E-state index contributed by atoms with van der Waals surface area (Å²) in [6, 6.07) is 4.25. The third-order valence-corrected chi connectivity index (χ3v) is 3.60. The quantitative estimate of drug-likeness (QED) is 0.625. The number of aliphatic hydroxyl groups excluding tert-OH is 1. The summed E-state index contributed by atoms with van der Waals surface area (Å²) in [7, 11) is 0. The van der Waals surface area contributed by atoms with Crippen molar-refractivity contribution in [1.29, 1.82) is 0 Å². The van der Waals surface area contributed by atoms with Crippen molar-refractivity contribution >= 4 is 27.5 Å². The molecule has 1 rings (SSSR count). The van der Waals surface area contributed by atoms with Crippen LogP contribution in [0.1, 0.15) is 37.6 Å². The molecule has 0 aliphatic rings. The van der Waals surface area contributed by atoms with Gasteiger partial charge in [-0.05, 0) is 33.8 Å². The molecular weight excluding hydrogens is 340 g/mol. The first-order valence-corrected chi connectivity index (χ1v) is 7.30. The molecule has 0 saturated carbocycles. The van der Waals surface area contributed by atoms with Crippen LogP contribution in [0.3, 0.4) is 0 Å². The number of nitro groups is 1. The maximum Gasteiger partial charge on any atom is 0.284 e. The smallest absolute Gasteiger partial charge is 0.284 e. The molecule has 6 nitrogen and oxygen atoms in total. The van der Waals surface area contributed by atoms with Gasteiger partial charge in [0.15, 0.2) is 0 Å². The summed E-state index contributed by atoms with van der Waals surface area (Å²) in [6.07, 6.45) is -0.116. The zero-order valence-electron chi connectivity index (χ0n) is 12.2. The Morgan fingerprint density at radius 2 is 2.10 bits per heavy atom. The first-order chi connectivity index (χ1) is 9.61. The fourth-order valence-electron chi connectivity index (χ4n) is 1.92. The molecule has 0 aromatic heterocycles. The zero-order valence-corrected chi connectivity index (χ0v) is 13.8. The highest BCUT2D eigenvalue weighted by atomic mass is 79.9. The summed E-state index contributed by atoms with van der Waals surface area (Å²) >= 11 is 3.07. The largest absolute Gasteiger partial charge is 0.391 e. The molecule has 0 spiro atoms. The van der Waals surface area contributed by atoms with Gasteiger partial charge in [-0.3, -0.25) is 14.9 Å². The van der Waals surface area contributed by atoms with E-state index in [4.69, 9.17) is 0 Å². The van der Waals surface area contributed by atoms with E-state index in [1.807, 2.05) is 20.8 Å². The van der Waals surface area contributed by atoms with Crippen molar-refractivity contribution in [3.63, 3.8) is 0 Å². The Morgan fingerprint density at radius 1 is 1.48 bits per heavy atom. The van der Waals surface area contributed by atoms with Gasteiger partial charge in [0.25, 0.3) is 11.6 Å². The average molecular weight is 359 g/mol. The molecule has 2 N–H and O–H groups in total. The fourth-order valence-corrected chi connectivity index (χ4v) is 2.51. The lowest BCUT2D eigenvalue weighted by atomic mass is 9.89.